The van der Waals surface area contributed by atoms with Crippen molar-refractivity contribution in [3.05, 3.63) is 22.8 Å². The quantitative estimate of drug-likeness (QED) is 0.675. The number of ketones is 2. The molecule has 1 aliphatic heterocycles. The Labute approximate surface area is 118 Å². The lowest BCUT2D eigenvalue weighted by atomic mass is 9.94. The fraction of sp³-hybridized carbons (Fsp3) is 0.467. The first-order valence-electron chi connectivity index (χ1n) is 6.62. The number of rotatable bonds is 4. The molecule has 0 fully saturated rings. The van der Waals surface area contributed by atoms with Gasteiger partial charge >= 0.3 is 0 Å². The van der Waals surface area contributed by atoms with Crippen molar-refractivity contribution in [3.63, 3.8) is 0 Å². The van der Waals surface area contributed by atoms with Crippen LogP contribution in [0.3, 0.4) is 0 Å². The lowest BCUT2D eigenvalue weighted by Crippen LogP contribution is -2.19. The van der Waals surface area contributed by atoms with Crippen molar-refractivity contribution in [3.8, 4) is 5.75 Å². The topological polar surface area (TPSA) is 43.4 Å². The zero-order valence-corrected chi connectivity index (χ0v) is 12.2. The molecule has 0 atom stereocenters. The number of ether oxygens (including phenoxy) is 1. The second-order valence-corrected chi connectivity index (χ2v) is 5.29. The molecule has 1 aromatic carbocycles. The van der Waals surface area contributed by atoms with Crippen LogP contribution < -0.4 is 4.74 Å². The number of benzene rings is 1. The van der Waals surface area contributed by atoms with E-state index in [1.54, 1.807) is 6.07 Å². The van der Waals surface area contributed by atoms with Crippen LogP contribution in [0.1, 0.15) is 58.9 Å². The third kappa shape index (κ3) is 2.68. The lowest BCUT2D eigenvalue weighted by molar-refractivity contribution is 0.0927. The molecular formula is C15H18O3S. The highest BCUT2D eigenvalue weighted by molar-refractivity contribution is 7.80. The molecule has 0 saturated heterocycles. The van der Waals surface area contributed by atoms with Gasteiger partial charge in [-0.15, -0.1) is 12.6 Å². The predicted molar refractivity (Wildman–Crippen MR) is 76.7 cm³/mol. The van der Waals surface area contributed by atoms with Crippen LogP contribution in [0.2, 0.25) is 0 Å². The second-order valence-electron chi connectivity index (χ2n) is 4.84. The molecule has 1 heterocycles. The Morgan fingerprint density at radius 2 is 2.21 bits per heavy atom. The summed E-state index contributed by atoms with van der Waals surface area (Å²) in [5.41, 5.74) is 1.86. The van der Waals surface area contributed by atoms with E-state index in [2.05, 4.69) is 12.6 Å². The van der Waals surface area contributed by atoms with Crippen molar-refractivity contribution in [2.45, 2.75) is 44.4 Å². The van der Waals surface area contributed by atoms with E-state index in [9.17, 15) is 9.59 Å². The maximum absolute atomic E-state index is 12.3. The molecule has 2 rings (SSSR count). The van der Waals surface area contributed by atoms with Crippen molar-refractivity contribution in [2.24, 2.45) is 0 Å². The van der Waals surface area contributed by atoms with Gasteiger partial charge in [-0.1, -0.05) is 13.3 Å². The Bertz CT molecular complexity index is 535. The summed E-state index contributed by atoms with van der Waals surface area (Å²) in [5, 5.41) is 0. The van der Waals surface area contributed by atoms with Gasteiger partial charge in [-0.05, 0) is 25.0 Å². The number of carbonyl (C=O) groups is 2. The number of Topliss-reactive ketones (excluding diaryl/α,β-unsaturated/α-hetero) is 2. The van der Waals surface area contributed by atoms with Crippen LogP contribution in [0.15, 0.2) is 11.0 Å². The lowest BCUT2D eigenvalue weighted by Gasteiger charge is -2.21. The monoisotopic (exact) mass is 278 g/mol. The van der Waals surface area contributed by atoms with E-state index in [-0.39, 0.29) is 11.6 Å². The molecule has 0 amide bonds. The first-order valence-corrected chi connectivity index (χ1v) is 7.06. The third-order valence-electron chi connectivity index (χ3n) is 3.36. The molecule has 0 spiro atoms. The highest BCUT2D eigenvalue weighted by Gasteiger charge is 2.27. The molecule has 0 bridgehead atoms. The number of hydrogen-bond donors (Lipinski definition) is 1. The van der Waals surface area contributed by atoms with Crippen molar-refractivity contribution >= 4 is 24.2 Å². The Hall–Kier alpha value is -1.29. The van der Waals surface area contributed by atoms with Crippen molar-refractivity contribution < 1.29 is 14.3 Å². The molecule has 0 aromatic heterocycles. The van der Waals surface area contributed by atoms with Crippen LogP contribution in [-0.2, 0) is 0 Å². The summed E-state index contributed by atoms with van der Waals surface area (Å²) in [6, 6.07) is 1.77. The van der Waals surface area contributed by atoms with Gasteiger partial charge < -0.3 is 4.74 Å². The van der Waals surface area contributed by atoms with E-state index < -0.39 is 0 Å². The van der Waals surface area contributed by atoms with Crippen LogP contribution in [-0.4, -0.2) is 18.2 Å². The van der Waals surface area contributed by atoms with Gasteiger partial charge in [-0.25, -0.2) is 0 Å². The van der Waals surface area contributed by atoms with Crippen molar-refractivity contribution in [1.29, 1.82) is 0 Å². The Morgan fingerprint density at radius 1 is 1.47 bits per heavy atom. The standard InChI is InChI=1S/C15H18O3S/c1-3-4-5-12(17)13-14-10(8-9(2)15(13)19)11(16)6-7-18-14/h8,19H,3-7H2,1-2H3. The van der Waals surface area contributed by atoms with E-state index in [0.29, 0.717) is 41.2 Å². The summed E-state index contributed by atoms with van der Waals surface area (Å²) in [6.07, 6.45) is 2.64. The Morgan fingerprint density at radius 3 is 2.89 bits per heavy atom. The largest absolute Gasteiger partial charge is 0.492 e. The minimum absolute atomic E-state index is 0.0153. The van der Waals surface area contributed by atoms with Gasteiger partial charge in [0.1, 0.15) is 5.75 Å². The van der Waals surface area contributed by atoms with Crippen molar-refractivity contribution in [1.82, 2.24) is 0 Å². The summed E-state index contributed by atoms with van der Waals surface area (Å²) in [7, 11) is 0. The molecule has 0 unspecified atom stereocenters. The van der Waals surface area contributed by atoms with E-state index in [4.69, 9.17) is 4.74 Å². The fourth-order valence-corrected chi connectivity index (χ4v) is 2.54. The van der Waals surface area contributed by atoms with Gasteiger partial charge in [-0.3, -0.25) is 9.59 Å². The van der Waals surface area contributed by atoms with Gasteiger partial charge in [0.15, 0.2) is 11.6 Å². The maximum atomic E-state index is 12.3. The first kappa shape index (κ1) is 14.1. The minimum Gasteiger partial charge on any atom is -0.492 e. The Kier molecular flexibility index (Phi) is 4.30. The van der Waals surface area contributed by atoms with Gasteiger partial charge in [0.2, 0.25) is 0 Å². The zero-order chi connectivity index (χ0) is 14.0. The third-order valence-corrected chi connectivity index (χ3v) is 3.93. The first-order chi connectivity index (χ1) is 9.06. The molecule has 19 heavy (non-hydrogen) atoms. The second kappa shape index (κ2) is 5.78. The summed E-state index contributed by atoms with van der Waals surface area (Å²) in [6.45, 7) is 4.25. The van der Waals surface area contributed by atoms with Gasteiger partial charge in [0.25, 0.3) is 0 Å². The zero-order valence-electron chi connectivity index (χ0n) is 11.3. The highest BCUT2D eigenvalue weighted by atomic mass is 32.1. The molecule has 102 valence electrons. The van der Waals surface area contributed by atoms with E-state index in [1.807, 2.05) is 13.8 Å². The van der Waals surface area contributed by atoms with Crippen LogP contribution >= 0.6 is 12.6 Å². The molecule has 3 nitrogen and oxygen atoms in total. The van der Waals surface area contributed by atoms with Gasteiger partial charge in [0.05, 0.1) is 17.7 Å². The average molecular weight is 278 g/mol. The van der Waals surface area contributed by atoms with E-state index in [0.717, 1.165) is 18.4 Å². The van der Waals surface area contributed by atoms with Crippen LogP contribution in [0.4, 0.5) is 0 Å². The molecule has 1 aromatic rings. The molecule has 0 aliphatic carbocycles. The van der Waals surface area contributed by atoms with Crippen LogP contribution in [0.5, 0.6) is 5.75 Å². The number of aryl methyl sites for hydroxylation is 1. The number of hydrogen-bond acceptors (Lipinski definition) is 4. The smallest absolute Gasteiger partial charge is 0.170 e. The highest BCUT2D eigenvalue weighted by Crippen LogP contribution is 2.36. The van der Waals surface area contributed by atoms with Crippen LogP contribution in [0.25, 0.3) is 0 Å². The van der Waals surface area contributed by atoms with E-state index in [1.165, 1.54) is 0 Å². The molecule has 0 saturated carbocycles. The average Bonchev–Trinajstić information content (AvgIpc) is 2.39. The molecule has 0 radical (unpaired) electrons. The molecule has 4 heteroatoms. The minimum atomic E-state index is 0.0153. The number of unbranched alkanes of at least 4 members (excludes halogenated alkanes) is 1. The maximum Gasteiger partial charge on any atom is 0.170 e. The summed E-state index contributed by atoms with van der Waals surface area (Å²) >= 11 is 4.42. The molecule has 1 aliphatic rings. The predicted octanol–water partition coefficient (Wildman–Crippen LogP) is 3.62. The summed E-state index contributed by atoms with van der Waals surface area (Å²) in [5.74, 6) is 0.497. The van der Waals surface area contributed by atoms with Crippen molar-refractivity contribution in [2.75, 3.05) is 6.61 Å². The SMILES string of the molecule is CCCCC(=O)c1c(S)c(C)cc2c1OCCC2=O. The summed E-state index contributed by atoms with van der Waals surface area (Å²) < 4.78 is 5.57. The number of thiol groups is 1. The molecule has 0 N–H and O–H groups in total. The summed E-state index contributed by atoms with van der Waals surface area (Å²) in [4.78, 5) is 24.9. The van der Waals surface area contributed by atoms with Gasteiger partial charge in [0, 0.05) is 17.7 Å². The van der Waals surface area contributed by atoms with Gasteiger partial charge in [-0.2, -0.15) is 0 Å². The molecular weight excluding hydrogens is 260 g/mol. The normalized spacial score (nSPS) is 13.9. The number of carbonyl (C=O) groups excluding carboxylic acids is 2. The van der Waals surface area contributed by atoms with E-state index >= 15 is 0 Å². The Balaban J connectivity index is 2.52. The van der Waals surface area contributed by atoms with Crippen LogP contribution in [0, 0.1) is 6.92 Å². The number of fused-ring (bicyclic) bond motifs is 1. The fourth-order valence-electron chi connectivity index (χ4n) is 2.25.